The van der Waals surface area contributed by atoms with Crippen molar-refractivity contribution in [2.75, 3.05) is 35.7 Å². The minimum absolute atomic E-state index is 0.0574. The fourth-order valence-electron chi connectivity index (χ4n) is 3.00. The van der Waals surface area contributed by atoms with Gasteiger partial charge in [-0.3, -0.25) is 4.79 Å². The maximum atomic E-state index is 11.6. The lowest BCUT2D eigenvalue weighted by molar-refractivity contribution is -0.114. The Labute approximate surface area is 156 Å². The van der Waals surface area contributed by atoms with E-state index in [4.69, 9.17) is 0 Å². The number of likely N-dealkylation sites (N-methyl/N-ethyl adjacent to an activating group) is 1. The summed E-state index contributed by atoms with van der Waals surface area (Å²) >= 11 is 0. The quantitative estimate of drug-likeness (QED) is 0.606. The molecule has 1 unspecified atom stereocenters. The van der Waals surface area contributed by atoms with Gasteiger partial charge in [0.25, 0.3) is 0 Å². The third-order valence-electron chi connectivity index (χ3n) is 4.35. The van der Waals surface area contributed by atoms with E-state index in [1.807, 2.05) is 18.0 Å². The standard InChI is InChI=1S/C18H22N6O3/c1-11(25)21-12-4-3-5-13(8-12)22-18-20-10-15(17(26)27)16(23-18)24(2)14-6-7-19-9-14/h3-5,8,10,14,19H,6-7,9H2,1-2H3,(H,21,25)(H,26,27)(H,20,22,23). The van der Waals surface area contributed by atoms with E-state index < -0.39 is 5.97 Å². The Morgan fingerprint density at radius 2 is 2.11 bits per heavy atom. The number of aromatic nitrogens is 2. The molecule has 2 heterocycles. The third kappa shape index (κ3) is 4.50. The van der Waals surface area contributed by atoms with Gasteiger partial charge in [0.15, 0.2) is 0 Å². The van der Waals surface area contributed by atoms with Crippen molar-refractivity contribution in [3.8, 4) is 0 Å². The number of carboxylic acid groups (broad SMARTS) is 1. The molecular weight excluding hydrogens is 348 g/mol. The lowest BCUT2D eigenvalue weighted by Gasteiger charge is -2.26. The molecule has 0 spiro atoms. The summed E-state index contributed by atoms with van der Waals surface area (Å²) in [5.74, 6) is -0.579. The number of amides is 1. The number of aromatic carboxylic acids is 1. The van der Waals surface area contributed by atoms with Gasteiger partial charge in [0.2, 0.25) is 11.9 Å². The second-order valence-corrected chi connectivity index (χ2v) is 6.38. The number of anilines is 4. The average Bonchev–Trinajstić information content (AvgIpc) is 3.15. The summed E-state index contributed by atoms with van der Waals surface area (Å²) in [7, 11) is 1.84. The molecule has 142 valence electrons. The number of nitrogens with one attached hydrogen (secondary N) is 3. The zero-order chi connectivity index (χ0) is 19.4. The van der Waals surface area contributed by atoms with E-state index in [0.717, 1.165) is 19.5 Å². The van der Waals surface area contributed by atoms with Crippen LogP contribution in [0.3, 0.4) is 0 Å². The van der Waals surface area contributed by atoms with Gasteiger partial charge in [-0.25, -0.2) is 9.78 Å². The molecule has 1 aliphatic rings. The van der Waals surface area contributed by atoms with Crippen molar-refractivity contribution in [3.05, 3.63) is 36.0 Å². The number of carbonyl (C=O) groups is 2. The molecule has 0 saturated carbocycles. The van der Waals surface area contributed by atoms with E-state index in [1.165, 1.54) is 13.1 Å². The summed E-state index contributed by atoms with van der Waals surface area (Å²) in [4.78, 5) is 33.2. The highest BCUT2D eigenvalue weighted by molar-refractivity contribution is 5.93. The molecule has 9 heteroatoms. The summed E-state index contributed by atoms with van der Waals surface area (Å²) in [5, 5.41) is 18.5. The zero-order valence-electron chi connectivity index (χ0n) is 15.2. The second-order valence-electron chi connectivity index (χ2n) is 6.38. The first-order valence-corrected chi connectivity index (χ1v) is 8.62. The van der Waals surface area contributed by atoms with Crippen LogP contribution < -0.4 is 20.9 Å². The Balaban J connectivity index is 1.87. The van der Waals surface area contributed by atoms with E-state index in [1.54, 1.807) is 18.2 Å². The van der Waals surface area contributed by atoms with Crippen LogP contribution in [0.2, 0.25) is 0 Å². The summed E-state index contributed by atoms with van der Waals surface area (Å²) < 4.78 is 0. The summed E-state index contributed by atoms with van der Waals surface area (Å²) in [6, 6.07) is 7.29. The van der Waals surface area contributed by atoms with Crippen LogP contribution in [0.4, 0.5) is 23.1 Å². The van der Waals surface area contributed by atoms with Crippen LogP contribution >= 0.6 is 0 Å². The van der Waals surface area contributed by atoms with Gasteiger partial charge in [0, 0.05) is 44.1 Å². The molecule has 0 aliphatic carbocycles. The number of carbonyl (C=O) groups excluding carboxylic acids is 1. The van der Waals surface area contributed by atoms with Crippen LogP contribution in [-0.2, 0) is 4.79 Å². The van der Waals surface area contributed by atoms with Gasteiger partial charge >= 0.3 is 5.97 Å². The Bertz CT molecular complexity index is 851. The maximum Gasteiger partial charge on any atom is 0.341 e. The van der Waals surface area contributed by atoms with Crippen molar-refractivity contribution in [1.29, 1.82) is 0 Å². The molecule has 1 amide bonds. The minimum atomic E-state index is -1.07. The van der Waals surface area contributed by atoms with E-state index >= 15 is 0 Å². The fraction of sp³-hybridized carbons (Fsp3) is 0.333. The van der Waals surface area contributed by atoms with Crippen molar-refractivity contribution >= 4 is 35.0 Å². The zero-order valence-corrected chi connectivity index (χ0v) is 15.2. The van der Waals surface area contributed by atoms with Crippen LogP contribution in [0.1, 0.15) is 23.7 Å². The highest BCUT2D eigenvalue weighted by Crippen LogP contribution is 2.24. The Morgan fingerprint density at radius 1 is 1.33 bits per heavy atom. The van der Waals surface area contributed by atoms with Crippen molar-refractivity contribution in [2.45, 2.75) is 19.4 Å². The first-order valence-electron chi connectivity index (χ1n) is 8.62. The predicted octanol–water partition coefficient (Wildman–Crippen LogP) is 1.67. The monoisotopic (exact) mass is 370 g/mol. The van der Waals surface area contributed by atoms with E-state index in [0.29, 0.717) is 17.2 Å². The first kappa shape index (κ1) is 18.6. The molecule has 1 aromatic carbocycles. The average molecular weight is 370 g/mol. The van der Waals surface area contributed by atoms with E-state index in [-0.39, 0.29) is 23.5 Å². The Kier molecular flexibility index (Phi) is 5.51. The van der Waals surface area contributed by atoms with Gasteiger partial charge in [-0.2, -0.15) is 4.98 Å². The molecule has 1 fully saturated rings. The van der Waals surface area contributed by atoms with Crippen LogP contribution in [0.15, 0.2) is 30.5 Å². The topological polar surface area (TPSA) is 119 Å². The molecule has 9 nitrogen and oxygen atoms in total. The highest BCUT2D eigenvalue weighted by atomic mass is 16.4. The summed E-state index contributed by atoms with van der Waals surface area (Å²) in [6.07, 6.45) is 2.23. The SMILES string of the molecule is CC(=O)Nc1cccc(Nc2ncc(C(=O)O)c(N(C)C3CCNC3)n2)c1. The molecule has 1 saturated heterocycles. The lowest BCUT2D eigenvalue weighted by atomic mass is 10.2. The van der Waals surface area contributed by atoms with Gasteiger partial charge < -0.3 is 26.0 Å². The van der Waals surface area contributed by atoms with Crippen LogP contribution in [0.5, 0.6) is 0 Å². The molecule has 1 aromatic heterocycles. The number of hydrogen-bond donors (Lipinski definition) is 4. The van der Waals surface area contributed by atoms with Gasteiger partial charge in [-0.1, -0.05) is 6.07 Å². The Hall–Kier alpha value is -3.20. The first-order chi connectivity index (χ1) is 12.9. The van der Waals surface area contributed by atoms with Crippen LogP contribution in [-0.4, -0.2) is 53.1 Å². The second kappa shape index (κ2) is 8.00. The molecule has 1 aliphatic heterocycles. The van der Waals surface area contributed by atoms with Gasteiger partial charge in [-0.05, 0) is 31.2 Å². The number of hydrogen-bond acceptors (Lipinski definition) is 7. The summed E-state index contributed by atoms with van der Waals surface area (Å²) in [6.45, 7) is 3.11. The molecule has 4 N–H and O–H groups in total. The molecule has 1 atom stereocenters. The number of rotatable bonds is 6. The molecule has 27 heavy (non-hydrogen) atoms. The number of nitrogens with zero attached hydrogens (tertiary/aromatic N) is 3. The number of carboxylic acids is 1. The van der Waals surface area contributed by atoms with Crippen LogP contribution in [0, 0.1) is 0 Å². The molecule has 2 aromatic rings. The van der Waals surface area contributed by atoms with E-state index in [2.05, 4.69) is 25.9 Å². The smallest absolute Gasteiger partial charge is 0.341 e. The minimum Gasteiger partial charge on any atom is -0.477 e. The molecule has 3 rings (SSSR count). The largest absolute Gasteiger partial charge is 0.477 e. The molecule has 0 radical (unpaired) electrons. The van der Waals surface area contributed by atoms with E-state index in [9.17, 15) is 14.7 Å². The lowest BCUT2D eigenvalue weighted by Crippen LogP contribution is -2.35. The van der Waals surface area contributed by atoms with Gasteiger partial charge in [0.1, 0.15) is 11.4 Å². The molecule has 0 bridgehead atoms. The number of benzene rings is 1. The third-order valence-corrected chi connectivity index (χ3v) is 4.35. The maximum absolute atomic E-state index is 11.6. The fourth-order valence-corrected chi connectivity index (χ4v) is 3.00. The molecular formula is C18H22N6O3. The Morgan fingerprint density at radius 3 is 2.78 bits per heavy atom. The van der Waals surface area contributed by atoms with Gasteiger partial charge in [-0.15, -0.1) is 0 Å². The van der Waals surface area contributed by atoms with Crippen molar-refractivity contribution in [3.63, 3.8) is 0 Å². The highest BCUT2D eigenvalue weighted by Gasteiger charge is 2.25. The van der Waals surface area contributed by atoms with Gasteiger partial charge in [0.05, 0.1) is 0 Å². The normalized spacial score (nSPS) is 16.0. The van der Waals surface area contributed by atoms with Crippen molar-refractivity contribution < 1.29 is 14.7 Å². The van der Waals surface area contributed by atoms with Crippen molar-refractivity contribution in [2.24, 2.45) is 0 Å². The predicted molar refractivity (Wildman–Crippen MR) is 103 cm³/mol. The van der Waals surface area contributed by atoms with Crippen LogP contribution in [0.25, 0.3) is 0 Å². The van der Waals surface area contributed by atoms with Crippen molar-refractivity contribution in [1.82, 2.24) is 15.3 Å². The summed E-state index contributed by atoms with van der Waals surface area (Å²) in [5.41, 5.74) is 1.38.